The van der Waals surface area contributed by atoms with Gasteiger partial charge >= 0.3 is 0 Å². The Morgan fingerprint density at radius 3 is 2.21 bits per heavy atom. The van der Waals surface area contributed by atoms with E-state index in [1.807, 2.05) is 32.0 Å². The van der Waals surface area contributed by atoms with Gasteiger partial charge in [-0.05, 0) is 68.1 Å². The van der Waals surface area contributed by atoms with Crippen molar-refractivity contribution in [2.24, 2.45) is 5.92 Å². The van der Waals surface area contributed by atoms with E-state index in [0.717, 1.165) is 23.4 Å². The highest BCUT2D eigenvalue weighted by molar-refractivity contribution is 6.04. The molecular formula is C23H25N3O2. The maximum Gasteiger partial charge on any atom is 0.278 e. The fourth-order valence-electron chi connectivity index (χ4n) is 3.19. The van der Waals surface area contributed by atoms with Crippen molar-refractivity contribution in [2.45, 2.75) is 34.1 Å². The van der Waals surface area contributed by atoms with E-state index < -0.39 is 0 Å². The summed E-state index contributed by atoms with van der Waals surface area (Å²) in [4.78, 5) is 25.1. The van der Waals surface area contributed by atoms with Crippen molar-refractivity contribution in [3.05, 3.63) is 82.7 Å². The maximum atomic E-state index is 12.9. The minimum atomic E-state index is -0.184. The molecule has 0 aliphatic rings. The predicted octanol–water partition coefficient (Wildman–Crippen LogP) is 4.64. The largest absolute Gasteiger partial charge is 0.322 e. The molecule has 0 radical (unpaired) electrons. The monoisotopic (exact) mass is 375 g/mol. The number of carbonyl (C=O) groups is 2. The number of nitrogens with one attached hydrogen (secondary N) is 1. The van der Waals surface area contributed by atoms with E-state index in [4.69, 9.17) is 0 Å². The van der Waals surface area contributed by atoms with Crippen molar-refractivity contribution in [3.8, 4) is 0 Å². The van der Waals surface area contributed by atoms with Crippen LogP contribution in [0.4, 0.5) is 5.69 Å². The van der Waals surface area contributed by atoms with Crippen LogP contribution in [0.3, 0.4) is 0 Å². The fraction of sp³-hybridized carbons (Fsp3) is 0.261. The quantitative estimate of drug-likeness (QED) is 0.707. The summed E-state index contributed by atoms with van der Waals surface area (Å²) in [6, 6.07) is 15.9. The number of benzene rings is 2. The van der Waals surface area contributed by atoms with Crippen LogP contribution in [-0.4, -0.2) is 21.6 Å². The molecule has 1 N–H and O–H groups in total. The molecule has 0 saturated heterocycles. The topological polar surface area (TPSA) is 64.0 Å². The van der Waals surface area contributed by atoms with E-state index in [0.29, 0.717) is 22.7 Å². The van der Waals surface area contributed by atoms with Gasteiger partial charge < -0.3 is 5.32 Å². The third-order valence-corrected chi connectivity index (χ3v) is 4.67. The highest BCUT2D eigenvalue weighted by atomic mass is 16.2. The zero-order chi connectivity index (χ0) is 20.3. The number of aromatic nitrogens is 2. The van der Waals surface area contributed by atoms with Crippen molar-refractivity contribution in [1.29, 1.82) is 0 Å². The first kappa shape index (κ1) is 19.5. The van der Waals surface area contributed by atoms with Crippen LogP contribution in [0.1, 0.15) is 51.5 Å². The Morgan fingerprint density at radius 2 is 1.61 bits per heavy atom. The van der Waals surface area contributed by atoms with Crippen LogP contribution in [0.25, 0.3) is 0 Å². The SMILES string of the molecule is Cc1nn(C(=O)c2ccc(NC(=O)c3ccccc3)cc2)c(C)c1CC(C)C. The number of carbonyl (C=O) groups excluding carboxylic acids is 2. The molecule has 0 unspecified atom stereocenters. The molecule has 0 bridgehead atoms. The summed E-state index contributed by atoms with van der Waals surface area (Å²) in [6.45, 7) is 8.18. The predicted molar refractivity (Wildman–Crippen MR) is 111 cm³/mol. The van der Waals surface area contributed by atoms with E-state index in [1.165, 1.54) is 4.68 Å². The minimum absolute atomic E-state index is 0.170. The molecule has 0 aliphatic carbocycles. The molecule has 0 atom stereocenters. The summed E-state index contributed by atoms with van der Waals surface area (Å²) < 4.78 is 1.48. The summed E-state index contributed by atoms with van der Waals surface area (Å²) in [7, 11) is 0. The number of anilines is 1. The Morgan fingerprint density at radius 1 is 0.964 bits per heavy atom. The van der Waals surface area contributed by atoms with Crippen LogP contribution >= 0.6 is 0 Å². The van der Waals surface area contributed by atoms with Gasteiger partial charge in [0.25, 0.3) is 11.8 Å². The Bertz CT molecular complexity index is 987. The molecule has 2 aromatic carbocycles. The van der Waals surface area contributed by atoms with E-state index in [2.05, 4.69) is 24.3 Å². The number of aryl methyl sites for hydroxylation is 1. The molecule has 5 nitrogen and oxygen atoms in total. The lowest BCUT2D eigenvalue weighted by Gasteiger charge is -2.08. The van der Waals surface area contributed by atoms with Gasteiger partial charge in [-0.3, -0.25) is 9.59 Å². The second-order valence-electron chi connectivity index (χ2n) is 7.36. The number of nitrogens with zero attached hydrogens (tertiary/aromatic N) is 2. The van der Waals surface area contributed by atoms with E-state index in [1.54, 1.807) is 36.4 Å². The number of rotatable bonds is 5. The summed E-state index contributed by atoms with van der Waals surface area (Å²) in [5.74, 6) is 0.144. The Labute approximate surface area is 165 Å². The molecule has 1 amide bonds. The zero-order valence-electron chi connectivity index (χ0n) is 16.7. The maximum absolute atomic E-state index is 12.9. The molecule has 28 heavy (non-hydrogen) atoms. The third kappa shape index (κ3) is 4.19. The number of hydrogen-bond donors (Lipinski definition) is 1. The van der Waals surface area contributed by atoms with Crippen molar-refractivity contribution in [3.63, 3.8) is 0 Å². The third-order valence-electron chi connectivity index (χ3n) is 4.67. The van der Waals surface area contributed by atoms with Gasteiger partial charge in [0.05, 0.1) is 5.69 Å². The lowest BCUT2D eigenvalue weighted by molar-refractivity contribution is 0.0941. The Kier molecular flexibility index (Phi) is 5.73. The average molecular weight is 375 g/mol. The van der Waals surface area contributed by atoms with Crippen LogP contribution in [0.5, 0.6) is 0 Å². The second-order valence-corrected chi connectivity index (χ2v) is 7.36. The normalized spacial score (nSPS) is 10.9. The van der Waals surface area contributed by atoms with Gasteiger partial charge in [0.2, 0.25) is 0 Å². The van der Waals surface area contributed by atoms with Gasteiger partial charge in [0.15, 0.2) is 0 Å². The molecule has 5 heteroatoms. The van der Waals surface area contributed by atoms with Crippen LogP contribution in [0.2, 0.25) is 0 Å². The molecule has 3 rings (SSSR count). The molecular weight excluding hydrogens is 350 g/mol. The Hall–Kier alpha value is -3.21. The minimum Gasteiger partial charge on any atom is -0.322 e. The van der Waals surface area contributed by atoms with Gasteiger partial charge in [-0.25, -0.2) is 4.68 Å². The van der Waals surface area contributed by atoms with Gasteiger partial charge in [0.1, 0.15) is 0 Å². The lowest BCUT2D eigenvalue weighted by Crippen LogP contribution is -2.16. The molecule has 1 heterocycles. The zero-order valence-corrected chi connectivity index (χ0v) is 16.7. The summed E-state index contributed by atoms with van der Waals surface area (Å²) in [5.41, 5.74) is 4.67. The van der Waals surface area contributed by atoms with Crippen molar-refractivity contribution < 1.29 is 9.59 Å². The molecule has 0 fully saturated rings. The van der Waals surface area contributed by atoms with Crippen LogP contribution in [-0.2, 0) is 6.42 Å². The van der Waals surface area contributed by atoms with Crippen molar-refractivity contribution in [2.75, 3.05) is 5.32 Å². The molecule has 0 saturated carbocycles. The molecule has 0 aliphatic heterocycles. The van der Waals surface area contributed by atoms with Gasteiger partial charge in [-0.15, -0.1) is 0 Å². The lowest BCUT2D eigenvalue weighted by atomic mass is 10.0. The van der Waals surface area contributed by atoms with Crippen molar-refractivity contribution in [1.82, 2.24) is 9.78 Å². The first-order chi connectivity index (χ1) is 13.4. The molecule has 144 valence electrons. The Balaban J connectivity index is 1.76. The number of hydrogen-bond acceptors (Lipinski definition) is 3. The van der Waals surface area contributed by atoms with Gasteiger partial charge in [0, 0.05) is 22.5 Å². The van der Waals surface area contributed by atoms with Gasteiger partial charge in [-0.1, -0.05) is 32.0 Å². The first-order valence-electron chi connectivity index (χ1n) is 9.43. The first-order valence-corrected chi connectivity index (χ1v) is 9.43. The highest BCUT2D eigenvalue weighted by Gasteiger charge is 2.18. The molecule has 3 aromatic rings. The standard InChI is InChI=1S/C23H25N3O2/c1-15(2)14-21-16(3)25-26(17(21)4)23(28)19-10-12-20(13-11-19)24-22(27)18-8-6-5-7-9-18/h5-13,15H,14H2,1-4H3,(H,24,27). The fourth-order valence-corrected chi connectivity index (χ4v) is 3.19. The summed E-state index contributed by atoms with van der Waals surface area (Å²) in [6.07, 6.45) is 0.898. The summed E-state index contributed by atoms with van der Waals surface area (Å²) in [5, 5.41) is 7.29. The van der Waals surface area contributed by atoms with Crippen LogP contribution in [0.15, 0.2) is 54.6 Å². The van der Waals surface area contributed by atoms with Crippen molar-refractivity contribution >= 4 is 17.5 Å². The average Bonchev–Trinajstić information content (AvgIpc) is 2.96. The molecule has 0 spiro atoms. The highest BCUT2D eigenvalue weighted by Crippen LogP contribution is 2.19. The van der Waals surface area contributed by atoms with Crippen LogP contribution in [0, 0.1) is 19.8 Å². The smallest absolute Gasteiger partial charge is 0.278 e. The second kappa shape index (κ2) is 8.21. The van der Waals surface area contributed by atoms with E-state index in [-0.39, 0.29) is 11.8 Å². The summed E-state index contributed by atoms with van der Waals surface area (Å²) >= 11 is 0. The van der Waals surface area contributed by atoms with E-state index >= 15 is 0 Å². The van der Waals surface area contributed by atoms with E-state index in [9.17, 15) is 9.59 Å². The molecule has 1 aromatic heterocycles. The van der Waals surface area contributed by atoms with Crippen LogP contribution < -0.4 is 5.32 Å². The number of amides is 1. The van der Waals surface area contributed by atoms with Gasteiger partial charge in [-0.2, -0.15) is 5.10 Å².